The summed E-state index contributed by atoms with van der Waals surface area (Å²) < 4.78 is 4.13. The van der Waals surface area contributed by atoms with E-state index in [4.69, 9.17) is 0 Å². The number of carbonyl (C=O) groups is 1. The largest absolute Gasteiger partial charge is 0.351 e. The molecule has 0 unspecified atom stereocenters. The molecule has 1 aliphatic rings. The van der Waals surface area contributed by atoms with Gasteiger partial charge in [-0.2, -0.15) is 5.10 Å². The van der Waals surface area contributed by atoms with E-state index in [2.05, 4.69) is 30.3 Å². The van der Waals surface area contributed by atoms with Crippen LogP contribution in [0.1, 0.15) is 38.0 Å². The van der Waals surface area contributed by atoms with Crippen LogP contribution in [-0.4, -0.2) is 26.1 Å². The molecule has 26 heavy (non-hydrogen) atoms. The highest BCUT2D eigenvalue weighted by Crippen LogP contribution is 2.29. The highest BCUT2D eigenvalue weighted by molar-refractivity contribution is 7.19. The molecule has 1 N–H and O–H groups in total. The number of nitrogens with zero attached hydrogens (tertiary/aromatic N) is 3. The Morgan fingerprint density at radius 3 is 2.92 bits per heavy atom. The van der Waals surface area contributed by atoms with Crippen LogP contribution >= 0.6 is 11.3 Å². The van der Waals surface area contributed by atoms with Crippen LogP contribution < -0.4 is 10.9 Å². The first kappa shape index (κ1) is 17.3. The standard InChI is InChI=1S/C19H24N4O2S/c1-11-5-4-6-14(13(11)3)21-18(24)9-23-19(25)16-8-17-15(7-12(2)26-17)22(16)10-20-23/h7-8,10-11,13-14H,4-6,9H2,1-3H3,(H,21,24)/t11-,13+,14+/m0/s1. The molecule has 4 rings (SSSR count). The van der Waals surface area contributed by atoms with E-state index < -0.39 is 0 Å². The lowest BCUT2D eigenvalue weighted by Crippen LogP contribution is -2.45. The summed E-state index contributed by atoms with van der Waals surface area (Å²) in [7, 11) is 0. The third-order valence-electron chi connectivity index (χ3n) is 5.76. The summed E-state index contributed by atoms with van der Waals surface area (Å²) in [4.78, 5) is 26.4. The molecule has 0 bridgehead atoms. The van der Waals surface area contributed by atoms with Gasteiger partial charge in [0.1, 0.15) is 18.4 Å². The number of amides is 1. The maximum Gasteiger partial charge on any atom is 0.291 e. The van der Waals surface area contributed by atoms with Gasteiger partial charge in [-0.25, -0.2) is 4.68 Å². The fourth-order valence-electron chi connectivity index (χ4n) is 4.01. The smallest absolute Gasteiger partial charge is 0.291 e. The molecule has 1 amide bonds. The quantitative estimate of drug-likeness (QED) is 0.768. The van der Waals surface area contributed by atoms with Crippen LogP contribution in [0.25, 0.3) is 15.7 Å². The molecule has 0 spiro atoms. The van der Waals surface area contributed by atoms with Crippen molar-refractivity contribution < 1.29 is 4.79 Å². The lowest BCUT2D eigenvalue weighted by atomic mass is 9.78. The number of aryl methyl sites for hydroxylation is 1. The zero-order chi connectivity index (χ0) is 18.4. The normalized spacial score (nSPS) is 23.6. The number of rotatable bonds is 3. The van der Waals surface area contributed by atoms with Crippen LogP contribution in [0.5, 0.6) is 0 Å². The molecule has 1 fully saturated rings. The van der Waals surface area contributed by atoms with Gasteiger partial charge in [0.05, 0.1) is 10.2 Å². The van der Waals surface area contributed by atoms with Crippen molar-refractivity contribution in [2.24, 2.45) is 11.8 Å². The SMILES string of the molecule is Cc1cc2c(cc3c(=O)n(CC(=O)N[C@@H]4CCC[C@H](C)[C@H]4C)ncn32)s1. The van der Waals surface area contributed by atoms with E-state index in [1.165, 1.54) is 16.0 Å². The van der Waals surface area contributed by atoms with Crippen molar-refractivity contribution in [3.63, 3.8) is 0 Å². The number of nitrogens with one attached hydrogen (secondary N) is 1. The van der Waals surface area contributed by atoms with Gasteiger partial charge >= 0.3 is 0 Å². The van der Waals surface area contributed by atoms with Gasteiger partial charge < -0.3 is 5.32 Å². The van der Waals surface area contributed by atoms with E-state index in [1.54, 1.807) is 22.1 Å². The van der Waals surface area contributed by atoms with Crippen molar-refractivity contribution in [1.29, 1.82) is 0 Å². The third-order valence-corrected chi connectivity index (χ3v) is 6.74. The fourth-order valence-corrected chi connectivity index (χ4v) is 4.96. The number of hydrogen-bond donors (Lipinski definition) is 1. The molecule has 3 heterocycles. The van der Waals surface area contributed by atoms with Gasteiger partial charge in [0, 0.05) is 10.9 Å². The van der Waals surface area contributed by atoms with Crippen LogP contribution in [0.2, 0.25) is 0 Å². The zero-order valence-electron chi connectivity index (χ0n) is 15.4. The topological polar surface area (TPSA) is 68.4 Å². The van der Waals surface area contributed by atoms with Gasteiger partial charge in [-0.1, -0.05) is 26.7 Å². The van der Waals surface area contributed by atoms with Gasteiger partial charge in [0.15, 0.2) is 0 Å². The molecule has 0 aliphatic heterocycles. The van der Waals surface area contributed by atoms with Crippen LogP contribution in [0.15, 0.2) is 23.3 Å². The lowest BCUT2D eigenvalue weighted by Gasteiger charge is -2.34. The number of fused-ring (bicyclic) bond motifs is 3. The van der Waals surface area contributed by atoms with Crippen LogP contribution in [0.4, 0.5) is 0 Å². The molecule has 3 aromatic heterocycles. The van der Waals surface area contributed by atoms with Gasteiger partial charge in [0.2, 0.25) is 5.91 Å². The van der Waals surface area contributed by atoms with E-state index in [9.17, 15) is 9.59 Å². The predicted molar refractivity (Wildman–Crippen MR) is 104 cm³/mol. The first-order valence-corrected chi connectivity index (χ1v) is 10.0. The molecule has 1 saturated carbocycles. The Kier molecular flexibility index (Phi) is 4.34. The van der Waals surface area contributed by atoms with Gasteiger partial charge in [-0.3, -0.25) is 14.0 Å². The minimum absolute atomic E-state index is 0.0369. The van der Waals surface area contributed by atoms with Gasteiger partial charge in [0.25, 0.3) is 5.56 Å². The van der Waals surface area contributed by atoms with Crippen LogP contribution in [-0.2, 0) is 11.3 Å². The van der Waals surface area contributed by atoms with Gasteiger partial charge in [-0.15, -0.1) is 11.3 Å². The molecule has 0 saturated heterocycles. The summed E-state index contributed by atoms with van der Waals surface area (Å²) in [5.41, 5.74) is 1.33. The molecule has 1 aliphatic carbocycles. The second kappa shape index (κ2) is 6.54. The second-order valence-electron chi connectivity index (χ2n) is 7.54. The number of carbonyl (C=O) groups excluding carboxylic acids is 1. The van der Waals surface area contributed by atoms with Crippen LogP contribution in [0, 0.1) is 18.8 Å². The van der Waals surface area contributed by atoms with Crippen molar-refractivity contribution in [3.05, 3.63) is 33.7 Å². The molecule has 0 radical (unpaired) electrons. The summed E-state index contributed by atoms with van der Waals surface area (Å²) in [5.74, 6) is 0.933. The molecule has 138 valence electrons. The Hall–Kier alpha value is -2.15. The van der Waals surface area contributed by atoms with E-state index in [0.717, 1.165) is 23.1 Å². The predicted octanol–water partition coefficient (Wildman–Crippen LogP) is 2.96. The number of hydrogen-bond acceptors (Lipinski definition) is 4. The molecule has 6 nitrogen and oxygen atoms in total. The molecule has 3 aromatic rings. The second-order valence-corrected chi connectivity index (χ2v) is 8.83. The Morgan fingerprint density at radius 2 is 2.12 bits per heavy atom. The minimum Gasteiger partial charge on any atom is -0.351 e. The van der Waals surface area contributed by atoms with Crippen molar-refractivity contribution in [3.8, 4) is 0 Å². The van der Waals surface area contributed by atoms with Crippen molar-refractivity contribution in [2.75, 3.05) is 0 Å². The van der Waals surface area contributed by atoms with E-state index in [0.29, 0.717) is 17.4 Å². The average Bonchev–Trinajstić information content (AvgIpc) is 3.11. The molecule has 0 aromatic carbocycles. The lowest BCUT2D eigenvalue weighted by molar-refractivity contribution is -0.123. The highest BCUT2D eigenvalue weighted by atomic mass is 32.1. The number of thiophene rings is 1. The first-order valence-electron chi connectivity index (χ1n) is 9.20. The summed E-state index contributed by atoms with van der Waals surface area (Å²) >= 11 is 1.65. The summed E-state index contributed by atoms with van der Waals surface area (Å²) in [6.45, 7) is 6.44. The average molecular weight is 372 g/mol. The fraction of sp³-hybridized carbons (Fsp3) is 0.526. The van der Waals surface area contributed by atoms with Crippen molar-refractivity contribution >= 4 is 33.0 Å². The maximum absolute atomic E-state index is 12.7. The van der Waals surface area contributed by atoms with E-state index in [1.807, 2.05) is 13.0 Å². The van der Waals surface area contributed by atoms with Gasteiger partial charge in [-0.05, 0) is 37.3 Å². The molecular weight excluding hydrogens is 348 g/mol. The van der Waals surface area contributed by atoms with Crippen molar-refractivity contribution in [2.45, 2.75) is 52.6 Å². The highest BCUT2D eigenvalue weighted by Gasteiger charge is 2.28. The molecular formula is C19H24N4O2S. The Balaban J connectivity index is 1.56. The molecule has 7 heteroatoms. The summed E-state index contributed by atoms with van der Waals surface area (Å²) in [6.07, 6.45) is 4.99. The maximum atomic E-state index is 12.7. The third kappa shape index (κ3) is 2.94. The number of aromatic nitrogens is 3. The Morgan fingerprint density at radius 1 is 1.31 bits per heavy atom. The summed E-state index contributed by atoms with van der Waals surface area (Å²) in [5, 5.41) is 7.32. The minimum atomic E-state index is -0.228. The van der Waals surface area contributed by atoms with Crippen LogP contribution in [0.3, 0.4) is 0 Å². The van der Waals surface area contributed by atoms with E-state index >= 15 is 0 Å². The van der Waals surface area contributed by atoms with Crippen molar-refractivity contribution in [1.82, 2.24) is 19.5 Å². The van der Waals surface area contributed by atoms with E-state index in [-0.39, 0.29) is 24.1 Å². The summed E-state index contributed by atoms with van der Waals surface area (Å²) in [6, 6.07) is 4.12. The first-order chi connectivity index (χ1) is 12.4. The Bertz CT molecular complexity index is 1030. The monoisotopic (exact) mass is 372 g/mol. The zero-order valence-corrected chi connectivity index (χ0v) is 16.2. The molecule has 3 atom stereocenters. The Labute approximate surface area is 155 Å².